The molecule has 0 saturated heterocycles. The zero-order valence-electron chi connectivity index (χ0n) is 18.3. The van der Waals surface area contributed by atoms with Gasteiger partial charge in [0.15, 0.2) is 0 Å². The van der Waals surface area contributed by atoms with Crippen LogP contribution in [0.4, 0.5) is 0 Å². The Morgan fingerprint density at radius 3 is 1.85 bits per heavy atom. The predicted octanol–water partition coefficient (Wildman–Crippen LogP) is 8.07. The summed E-state index contributed by atoms with van der Waals surface area (Å²) in [7, 11) is 0. The van der Waals surface area contributed by atoms with Crippen molar-refractivity contribution < 1.29 is 0 Å². The topological polar surface area (TPSA) is 17.3 Å². The summed E-state index contributed by atoms with van der Waals surface area (Å²) in [6.45, 7) is 4.58. The fraction of sp³-hybridized carbons (Fsp3) is 0.800. The summed E-state index contributed by atoms with van der Waals surface area (Å²) in [4.78, 5) is 0. The van der Waals surface area contributed by atoms with E-state index in [0.717, 1.165) is 0 Å². The van der Waals surface area contributed by atoms with E-state index >= 15 is 0 Å². The van der Waals surface area contributed by atoms with Crippen molar-refractivity contribution in [2.75, 3.05) is 0 Å². The smallest absolute Gasteiger partial charge is 0.0427 e. The van der Waals surface area contributed by atoms with Crippen LogP contribution in [0.2, 0.25) is 0 Å². The summed E-state index contributed by atoms with van der Waals surface area (Å²) in [5, 5.41) is 5.03. The molecule has 0 amide bonds. The number of aryl methyl sites for hydroxylation is 2. The van der Waals surface area contributed by atoms with Crippen LogP contribution in [0.1, 0.15) is 128 Å². The van der Waals surface area contributed by atoms with Crippen LogP contribution in [-0.2, 0) is 12.8 Å². The van der Waals surface area contributed by atoms with Crippen molar-refractivity contribution in [1.29, 1.82) is 0 Å². The third kappa shape index (κ3) is 8.66. The Kier molecular flexibility index (Phi) is 11.5. The maximum absolute atomic E-state index is 5.03. The molecule has 0 atom stereocenters. The van der Waals surface area contributed by atoms with E-state index in [-0.39, 0.29) is 0 Å². The maximum atomic E-state index is 5.03. The van der Waals surface area contributed by atoms with Crippen molar-refractivity contribution in [3.8, 4) is 0 Å². The molecule has 2 heteroatoms. The maximum Gasteiger partial charge on any atom is 0.0427 e. The lowest BCUT2D eigenvalue weighted by Crippen LogP contribution is -2.14. The molecule has 0 radical (unpaired) electrons. The van der Waals surface area contributed by atoms with E-state index < -0.39 is 0 Å². The number of hydrogen-bond donors (Lipinski definition) is 0. The molecule has 1 aliphatic heterocycles. The molecule has 27 heavy (non-hydrogen) atoms. The molecule has 2 rings (SSSR count). The molecule has 154 valence electrons. The van der Waals surface area contributed by atoms with Gasteiger partial charge in [0.2, 0.25) is 0 Å². The highest BCUT2D eigenvalue weighted by molar-refractivity contribution is 5.85. The predicted molar refractivity (Wildman–Crippen MR) is 120 cm³/mol. The van der Waals surface area contributed by atoms with Crippen molar-refractivity contribution >= 4 is 5.71 Å². The summed E-state index contributed by atoms with van der Waals surface area (Å²) in [6.07, 6.45) is 24.2. The molecule has 0 N–H and O–H groups in total. The van der Waals surface area contributed by atoms with Crippen LogP contribution in [0.3, 0.4) is 0 Å². The lowest BCUT2D eigenvalue weighted by molar-refractivity contribution is 0.578. The van der Waals surface area contributed by atoms with Gasteiger partial charge in [-0.1, -0.05) is 90.9 Å². The largest absolute Gasteiger partial charge is 0.242 e. The molecule has 0 saturated carbocycles. The Hall–Kier alpha value is -1.05. The molecule has 0 fully saturated rings. The van der Waals surface area contributed by atoms with Gasteiger partial charge >= 0.3 is 0 Å². The van der Waals surface area contributed by atoms with Gasteiger partial charge in [-0.2, -0.15) is 5.10 Å². The van der Waals surface area contributed by atoms with Gasteiger partial charge in [-0.05, 0) is 50.7 Å². The summed E-state index contributed by atoms with van der Waals surface area (Å²) in [5.41, 5.74) is 4.31. The van der Waals surface area contributed by atoms with Gasteiger partial charge in [-0.3, -0.25) is 0 Å². The average molecular weight is 373 g/mol. The molecule has 1 aromatic rings. The number of rotatable bonds is 16. The van der Waals surface area contributed by atoms with E-state index in [4.69, 9.17) is 5.10 Å². The Morgan fingerprint density at radius 1 is 0.667 bits per heavy atom. The fourth-order valence-electron chi connectivity index (χ4n) is 4.21. The van der Waals surface area contributed by atoms with E-state index in [1.807, 2.05) is 0 Å². The summed E-state index contributed by atoms with van der Waals surface area (Å²) in [5.74, 6) is 0. The second-order valence-electron chi connectivity index (χ2n) is 8.54. The van der Waals surface area contributed by atoms with E-state index in [1.165, 1.54) is 133 Å². The Bertz CT molecular complexity index is 526. The minimum absolute atomic E-state index is 1.18. The first kappa shape index (κ1) is 22.2. The SMILES string of the molecule is CCCCCCCCCC1=Nn2c(CCCCCCCCC)ccc2CC1. The monoisotopic (exact) mass is 372 g/mol. The molecular weight excluding hydrogens is 328 g/mol. The minimum atomic E-state index is 1.18. The van der Waals surface area contributed by atoms with Gasteiger partial charge < -0.3 is 0 Å². The fourth-order valence-corrected chi connectivity index (χ4v) is 4.21. The number of hydrogen-bond acceptors (Lipinski definition) is 1. The van der Waals surface area contributed by atoms with Crippen LogP contribution in [-0.4, -0.2) is 10.4 Å². The van der Waals surface area contributed by atoms with Gasteiger partial charge in [0.05, 0.1) is 0 Å². The molecule has 0 bridgehead atoms. The van der Waals surface area contributed by atoms with Crippen LogP contribution < -0.4 is 0 Å². The highest BCUT2D eigenvalue weighted by Crippen LogP contribution is 2.21. The van der Waals surface area contributed by atoms with Crippen LogP contribution in [0.15, 0.2) is 17.2 Å². The van der Waals surface area contributed by atoms with Gasteiger partial charge in [-0.15, -0.1) is 0 Å². The number of fused-ring (bicyclic) bond motifs is 1. The Morgan fingerprint density at radius 2 is 1.22 bits per heavy atom. The average Bonchev–Trinajstić information content (AvgIpc) is 3.09. The van der Waals surface area contributed by atoms with E-state index in [9.17, 15) is 0 Å². The van der Waals surface area contributed by atoms with Crippen molar-refractivity contribution in [3.63, 3.8) is 0 Å². The Labute approximate surface area is 168 Å². The third-order valence-corrected chi connectivity index (χ3v) is 6.03. The van der Waals surface area contributed by atoms with Gasteiger partial charge in [0, 0.05) is 17.1 Å². The Balaban J connectivity index is 1.66. The zero-order valence-corrected chi connectivity index (χ0v) is 18.3. The lowest BCUT2D eigenvalue weighted by atomic mass is 10.0. The summed E-state index contributed by atoms with van der Waals surface area (Å²) in [6, 6.07) is 4.64. The minimum Gasteiger partial charge on any atom is -0.242 e. The molecule has 2 nitrogen and oxygen atoms in total. The van der Waals surface area contributed by atoms with E-state index in [1.54, 1.807) is 0 Å². The van der Waals surface area contributed by atoms with E-state index in [0.29, 0.717) is 0 Å². The molecule has 2 heterocycles. The standard InChI is InChI=1S/C25H44N2/c1-3-5-7-9-11-13-15-17-23-19-20-25-22-21-24(27(25)26-23)18-16-14-12-10-8-6-4-2/h21-22H,3-20H2,1-2H3. The lowest BCUT2D eigenvalue weighted by Gasteiger charge is -2.17. The zero-order chi connectivity index (χ0) is 19.2. The second-order valence-corrected chi connectivity index (χ2v) is 8.54. The molecular formula is C25H44N2. The van der Waals surface area contributed by atoms with Crippen molar-refractivity contribution in [2.45, 2.75) is 129 Å². The first-order valence-corrected chi connectivity index (χ1v) is 12.1. The van der Waals surface area contributed by atoms with E-state index in [2.05, 4.69) is 30.7 Å². The molecule has 0 spiro atoms. The highest BCUT2D eigenvalue weighted by Gasteiger charge is 2.14. The highest BCUT2D eigenvalue weighted by atomic mass is 15.4. The molecule has 0 unspecified atom stereocenters. The van der Waals surface area contributed by atoms with Crippen LogP contribution in [0.25, 0.3) is 0 Å². The second kappa shape index (κ2) is 14.0. The third-order valence-electron chi connectivity index (χ3n) is 6.03. The molecule has 0 aromatic carbocycles. The van der Waals surface area contributed by atoms with Crippen LogP contribution >= 0.6 is 0 Å². The van der Waals surface area contributed by atoms with Gasteiger partial charge in [0.25, 0.3) is 0 Å². The number of nitrogens with zero attached hydrogens (tertiary/aromatic N) is 2. The van der Waals surface area contributed by atoms with Crippen LogP contribution in [0, 0.1) is 0 Å². The molecule has 0 aliphatic carbocycles. The van der Waals surface area contributed by atoms with Gasteiger partial charge in [0.1, 0.15) is 0 Å². The molecule has 1 aromatic heterocycles. The van der Waals surface area contributed by atoms with Crippen molar-refractivity contribution in [3.05, 3.63) is 23.5 Å². The van der Waals surface area contributed by atoms with Gasteiger partial charge in [-0.25, -0.2) is 4.68 Å². The summed E-state index contributed by atoms with van der Waals surface area (Å²) >= 11 is 0. The van der Waals surface area contributed by atoms with Crippen LogP contribution in [0.5, 0.6) is 0 Å². The number of aromatic nitrogens is 1. The van der Waals surface area contributed by atoms with Crippen molar-refractivity contribution in [2.24, 2.45) is 5.10 Å². The van der Waals surface area contributed by atoms with Crippen molar-refractivity contribution in [1.82, 2.24) is 4.68 Å². The number of unbranched alkanes of at least 4 members (excludes halogenated alkanes) is 12. The first-order valence-electron chi connectivity index (χ1n) is 12.1. The molecule has 1 aliphatic rings. The summed E-state index contributed by atoms with van der Waals surface area (Å²) < 4.78 is 2.29. The first-order chi connectivity index (χ1) is 13.3. The normalized spacial score (nSPS) is 13.6. The quantitative estimate of drug-likeness (QED) is 0.261.